The Kier molecular flexibility index (Phi) is 2.87. The maximum atomic E-state index is 6.05. The highest BCUT2D eigenvalue weighted by Gasteiger charge is 2.33. The van der Waals surface area contributed by atoms with Crippen LogP contribution in [0, 0.1) is 5.92 Å². The lowest BCUT2D eigenvalue weighted by Crippen LogP contribution is -2.13. The van der Waals surface area contributed by atoms with Crippen LogP contribution in [0.1, 0.15) is 50.2 Å². The van der Waals surface area contributed by atoms with E-state index in [0.717, 1.165) is 23.4 Å². The van der Waals surface area contributed by atoms with Crippen molar-refractivity contribution in [3.8, 4) is 10.8 Å². The summed E-state index contributed by atoms with van der Waals surface area (Å²) >= 11 is 1.28. The summed E-state index contributed by atoms with van der Waals surface area (Å²) in [6.07, 6.45) is 2.31. The van der Waals surface area contributed by atoms with E-state index >= 15 is 0 Å². The predicted molar refractivity (Wildman–Crippen MR) is 66.9 cm³/mol. The Morgan fingerprint density at radius 3 is 2.83 bits per heavy atom. The van der Waals surface area contributed by atoms with Gasteiger partial charge in [0, 0.05) is 0 Å². The molecule has 1 atom stereocenters. The van der Waals surface area contributed by atoms with Gasteiger partial charge in [0.1, 0.15) is 4.88 Å². The molecule has 0 saturated heterocycles. The Labute approximate surface area is 109 Å². The molecule has 6 nitrogen and oxygen atoms in total. The zero-order chi connectivity index (χ0) is 12.7. The Hall–Kier alpha value is -1.34. The third-order valence-electron chi connectivity index (χ3n) is 3.12. The Morgan fingerprint density at radius 2 is 2.17 bits per heavy atom. The zero-order valence-corrected chi connectivity index (χ0v) is 11.1. The van der Waals surface area contributed by atoms with Gasteiger partial charge in [0.25, 0.3) is 5.89 Å². The standard InChI is InChI=1S/C11H15N5OS/c1-5(2)8-9(18-16-14-8)11-13-10(15-17-11)7(12)6-3-4-6/h5-7H,3-4,12H2,1-2H3. The second-order valence-corrected chi connectivity index (χ2v) is 5.72. The molecular formula is C11H15N5OS. The molecule has 0 amide bonds. The summed E-state index contributed by atoms with van der Waals surface area (Å²) in [4.78, 5) is 5.24. The van der Waals surface area contributed by atoms with Crippen LogP contribution in [0.5, 0.6) is 0 Å². The van der Waals surface area contributed by atoms with Gasteiger partial charge in [-0.1, -0.05) is 23.5 Å². The van der Waals surface area contributed by atoms with Crippen molar-refractivity contribution in [2.75, 3.05) is 0 Å². The van der Waals surface area contributed by atoms with Crippen LogP contribution in [-0.2, 0) is 0 Å². The second-order valence-electron chi connectivity index (χ2n) is 4.96. The lowest BCUT2D eigenvalue weighted by molar-refractivity contribution is 0.412. The molecular weight excluding hydrogens is 250 g/mol. The average molecular weight is 265 g/mol. The maximum absolute atomic E-state index is 6.05. The lowest BCUT2D eigenvalue weighted by atomic mass is 10.1. The molecule has 0 bridgehead atoms. The molecule has 1 saturated carbocycles. The van der Waals surface area contributed by atoms with Crippen molar-refractivity contribution in [3.05, 3.63) is 11.5 Å². The van der Waals surface area contributed by atoms with Crippen molar-refractivity contribution in [2.45, 2.75) is 38.6 Å². The summed E-state index contributed by atoms with van der Waals surface area (Å²) in [6, 6.07) is -0.106. The Balaban J connectivity index is 1.90. The summed E-state index contributed by atoms with van der Waals surface area (Å²) in [6.45, 7) is 4.13. The van der Waals surface area contributed by atoms with E-state index in [1.807, 2.05) is 0 Å². The van der Waals surface area contributed by atoms with Crippen molar-refractivity contribution in [3.63, 3.8) is 0 Å². The van der Waals surface area contributed by atoms with Crippen LogP contribution in [0.3, 0.4) is 0 Å². The number of nitrogens with zero attached hydrogens (tertiary/aromatic N) is 4. The van der Waals surface area contributed by atoms with Crippen LogP contribution in [0.15, 0.2) is 4.52 Å². The molecule has 96 valence electrons. The van der Waals surface area contributed by atoms with Crippen LogP contribution >= 0.6 is 11.5 Å². The van der Waals surface area contributed by atoms with E-state index in [1.165, 1.54) is 11.5 Å². The molecule has 0 spiro atoms. The fraction of sp³-hybridized carbons (Fsp3) is 0.636. The summed E-state index contributed by atoms with van der Waals surface area (Å²) in [5.41, 5.74) is 6.95. The van der Waals surface area contributed by atoms with Gasteiger partial charge in [-0.3, -0.25) is 0 Å². The SMILES string of the molecule is CC(C)c1nnsc1-c1nc(C(N)C2CC2)no1. The molecule has 0 radical (unpaired) electrons. The van der Waals surface area contributed by atoms with Crippen LogP contribution in [0.2, 0.25) is 0 Å². The van der Waals surface area contributed by atoms with Gasteiger partial charge >= 0.3 is 0 Å². The molecule has 2 aromatic heterocycles. The number of hydrogen-bond acceptors (Lipinski definition) is 7. The normalized spacial score (nSPS) is 17.3. The summed E-state index contributed by atoms with van der Waals surface area (Å²) in [5, 5.41) is 8.08. The van der Waals surface area contributed by atoms with Crippen LogP contribution in [0.25, 0.3) is 10.8 Å². The first-order valence-corrected chi connectivity index (χ1v) is 6.86. The monoisotopic (exact) mass is 265 g/mol. The minimum Gasteiger partial charge on any atom is -0.333 e. The highest BCUT2D eigenvalue weighted by Crippen LogP contribution is 2.39. The number of nitrogens with two attached hydrogens (primary N) is 1. The fourth-order valence-electron chi connectivity index (χ4n) is 1.85. The quantitative estimate of drug-likeness (QED) is 0.910. The minimum atomic E-state index is -0.106. The maximum Gasteiger partial charge on any atom is 0.271 e. The zero-order valence-electron chi connectivity index (χ0n) is 10.3. The van der Waals surface area contributed by atoms with Gasteiger partial charge < -0.3 is 10.3 Å². The van der Waals surface area contributed by atoms with Gasteiger partial charge in [-0.25, -0.2) is 0 Å². The predicted octanol–water partition coefficient (Wildman–Crippen LogP) is 2.12. The summed E-state index contributed by atoms with van der Waals surface area (Å²) < 4.78 is 9.24. The molecule has 1 aliphatic rings. The van der Waals surface area contributed by atoms with E-state index < -0.39 is 0 Å². The van der Waals surface area contributed by atoms with Crippen molar-refractivity contribution in [1.29, 1.82) is 0 Å². The van der Waals surface area contributed by atoms with E-state index in [1.54, 1.807) is 0 Å². The molecule has 2 aromatic rings. The molecule has 18 heavy (non-hydrogen) atoms. The third-order valence-corrected chi connectivity index (χ3v) is 3.85. The van der Waals surface area contributed by atoms with Crippen LogP contribution in [-0.4, -0.2) is 19.7 Å². The molecule has 1 fully saturated rings. The highest BCUT2D eigenvalue weighted by atomic mass is 32.1. The van der Waals surface area contributed by atoms with E-state index in [-0.39, 0.29) is 12.0 Å². The van der Waals surface area contributed by atoms with E-state index in [4.69, 9.17) is 10.3 Å². The fourth-order valence-corrected chi connectivity index (χ4v) is 2.59. The van der Waals surface area contributed by atoms with Gasteiger partial charge in [-0.05, 0) is 36.2 Å². The molecule has 0 aromatic carbocycles. The third kappa shape index (κ3) is 2.04. The molecule has 3 rings (SSSR count). The largest absolute Gasteiger partial charge is 0.333 e. The van der Waals surface area contributed by atoms with Crippen molar-refractivity contribution >= 4 is 11.5 Å². The highest BCUT2D eigenvalue weighted by molar-refractivity contribution is 7.09. The van der Waals surface area contributed by atoms with E-state index in [0.29, 0.717) is 17.6 Å². The smallest absolute Gasteiger partial charge is 0.271 e. The van der Waals surface area contributed by atoms with E-state index in [9.17, 15) is 0 Å². The van der Waals surface area contributed by atoms with Gasteiger partial charge in [0.2, 0.25) is 0 Å². The van der Waals surface area contributed by atoms with Crippen molar-refractivity contribution < 1.29 is 4.52 Å². The number of hydrogen-bond donors (Lipinski definition) is 1. The molecule has 0 aliphatic heterocycles. The molecule has 1 aliphatic carbocycles. The number of rotatable bonds is 4. The average Bonchev–Trinajstić information content (AvgIpc) is 2.90. The van der Waals surface area contributed by atoms with Gasteiger partial charge in [-0.2, -0.15) is 4.98 Å². The topological polar surface area (TPSA) is 90.7 Å². The van der Waals surface area contributed by atoms with Gasteiger partial charge in [-0.15, -0.1) is 5.10 Å². The molecule has 1 unspecified atom stereocenters. The van der Waals surface area contributed by atoms with Crippen molar-refractivity contribution in [1.82, 2.24) is 19.7 Å². The first-order valence-electron chi connectivity index (χ1n) is 6.08. The summed E-state index contributed by atoms with van der Waals surface area (Å²) in [7, 11) is 0. The van der Waals surface area contributed by atoms with E-state index in [2.05, 4.69) is 33.6 Å². The first-order chi connectivity index (χ1) is 8.66. The molecule has 2 heterocycles. The number of aromatic nitrogens is 4. The first kappa shape index (κ1) is 11.7. The van der Waals surface area contributed by atoms with Crippen molar-refractivity contribution in [2.24, 2.45) is 11.7 Å². The Bertz CT molecular complexity index is 545. The molecule has 2 N–H and O–H groups in total. The molecule has 7 heteroatoms. The Morgan fingerprint density at radius 1 is 1.39 bits per heavy atom. The lowest BCUT2D eigenvalue weighted by Gasteiger charge is -2.02. The van der Waals surface area contributed by atoms with Gasteiger partial charge in [0.15, 0.2) is 5.82 Å². The van der Waals surface area contributed by atoms with Crippen LogP contribution < -0.4 is 5.73 Å². The second kappa shape index (κ2) is 4.40. The summed E-state index contributed by atoms with van der Waals surface area (Å²) in [5.74, 6) is 1.88. The van der Waals surface area contributed by atoms with Crippen LogP contribution in [0.4, 0.5) is 0 Å². The van der Waals surface area contributed by atoms with Gasteiger partial charge in [0.05, 0.1) is 11.7 Å². The minimum absolute atomic E-state index is 0.106.